The lowest BCUT2D eigenvalue weighted by Crippen LogP contribution is -2.48. The molecule has 3 rings (SSSR count). The minimum atomic E-state index is -4.40. The van der Waals surface area contributed by atoms with Gasteiger partial charge >= 0.3 is 6.18 Å². The van der Waals surface area contributed by atoms with Gasteiger partial charge in [0.15, 0.2) is 0 Å². The van der Waals surface area contributed by atoms with Crippen molar-refractivity contribution in [3.8, 4) is 0 Å². The van der Waals surface area contributed by atoms with Crippen molar-refractivity contribution in [2.45, 2.75) is 13.1 Å². The first-order valence-electron chi connectivity index (χ1n) is 8.25. The second-order valence-corrected chi connectivity index (χ2v) is 6.33. The zero-order valence-electron chi connectivity index (χ0n) is 14.9. The predicted molar refractivity (Wildman–Crippen MR) is 108 cm³/mol. The molecule has 2 heterocycles. The Kier molecular flexibility index (Phi) is 8.53. The number of carbonyl (C=O) groups is 1. The number of halogens is 5. The number of nitrogens with one attached hydrogen (secondary N) is 3. The molecule has 1 aromatic carbocycles. The summed E-state index contributed by atoms with van der Waals surface area (Å²) in [5.74, 6) is 0.578. The van der Waals surface area contributed by atoms with Crippen LogP contribution in [0.3, 0.4) is 0 Å². The molecule has 1 aliphatic heterocycles. The van der Waals surface area contributed by atoms with Crippen LogP contribution in [0, 0.1) is 11.8 Å². The Labute approximate surface area is 173 Å². The molecule has 1 unspecified atom stereocenters. The molecule has 0 spiro atoms. The number of carbonyl (C=O) groups excluding carboxylic acids is 1. The lowest BCUT2D eigenvalue weighted by molar-refractivity contribution is -0.137. The number of nitrogens with zero attached hydrogens (tertiary/aromatic N) is 1. The van der Waals surface area contributed by atoms with E-state index in [9.17, 15) is 18.0 Å². The first kappa shape index (κ1) is 24.0. The van der Waals surface area contributed by atoms with E-state index in [1.807, 2.05) is 6.92 Å². The van der Waals surface area contributed by atoms with Crippen molar-refractivity contribution in [1.82, 2.24) is 10.3 Å². The van der Waals surface area contributed by atoms with E-state index in [1.54, 1.807) is 24.3 Å². The van der Waals surface area contributed by atoms with Gasteiger partial charge in [0, 0.05) is 23.5 Å². The number of benzene rings is 1. The molecule has 0 saturated carbocycles. The van der Waals surface area contributed by atoms with Gasteiger partial charge in [-0.3, -0.25) is 4.79 Å². The Hall–Kier alpha value is -2.03. The molecule has 154 valence electrons. The van der Waals surface area contributed by atoms with Crippen LogP contribution in [0.25, 0.3) is 0 Å². The van der Waals surface area contributed by atoms with Gasteiger partial charge in [-0.05, 0) is 55.4 Å². The minimum absolute atomic E-state index is 0. The lowest BCUT2D eigenvalue weighted by atomic mass is 9.88. The number of amides is 1. The molecule has 2 aromatic rings. The normalized spacial score (nSPS) is 14.7. The van der Waals surface area contributed by atoms with Gasteiger partial charge in [-0.2, -0.15) is 13.2 Å². The van der Waals surface area contributed by atoms with E-state index in [2.05, 4.69) is 20.9 Å². The molecule has 0 bridgehead atoms. The summed E-state index contributed by atoms with van der Waals surface area (Å²) in [5.41, 5.74) is 0.531. The second-order valence-electron chi connectivity index (χ2n) is 6.33. The molecule has 3 N–H and O–H groups in total. The molecule has 0 aliphatic carbocycles. The van der Waals surface area contributed by atoms with Crippen LogP contribution in [0.15, 0.2) is 42.6 Å². The maximum absolute atomic E-state index is 12.5. The highest BCUT2D eigenvalue weighted by molar-refractivity contribution is 5.92. The van der Waals surface area contributed by atoms with E-state index in [4.69, 9.17) is 0 Å². The summed E-state index contributed by atoms with van der Waals surface area (Å²) in [6, 6.07) is 9.16. The standard InChI is InChI=1S/C18H19F3N4O.2ClH/c1-11(12-8-22-9-12)17(26)25-15-5-3-14(4-6-15)24-16-7-2-13(10-23-16)18(19,20)21;;/h2-7,10-12,22H,8-9H2,1H3,(H,23,24)(H,25,26);2*1H. The van der Waals surface area contributed by atoms with Crippen molar-refractivity contribution in [3.63, 3.8) is 0 Å². The van der Waals surface area contributed by atoms with Crippen molar-refractivity contribution < 1.29 is 18.0 Å². The fourth-order valence-corrected chi connectivity index (χ4v) is 2.55. The van der Waals surface area contributed by atoms with Crippen LogP contribution in [0.4, 0.5) is 30.4 Å². The maximum Gasteiger partial charge on any atom is 0.417 e. The van der Waals surface area contributed by atoms with Crippen LogP contribution in [0.2, 0.25) is 0 Å². The summed E-state index contributed by atoms with van der Waals surface area (Å²) in [5, 5.41) is 8.94. The topological polar surface area (TPSA) is 66.0 Å². The van der Waals surface area contributed by atoms with E-state index in [-0.39, 0.29) is 36.6 Å². The van der Waals surface area contributed by atoms with E-state index in [1.165, 1.54) is 6.07 Å². The Morgan fingerprint density at radius 1 is 1.11 bits per heavy atom. The molecule has 28 heavy (non-hydrogen) atoms. The first-order chi connectivity index (χ1) is 12.3. The third-order valence-electron chi connectivity index (χ3n) is 4.45. The molecule has 5 nitrogen and oxygen atoms in total. The number of aromatic nitrogens is 1. The van der Waals surface area contributed by atoms with Crippen LogP contribution in [-0.2, 0) is 11.0 Å². The summed E-state index contributed by atoms with van der Waals surface area (Å²) in [4.78, 5) is 15.9. The molecule has 1 amide bonds. The molecule has 1 aromatic heterocycles. The smallest absolute Gasteiger partial charge is 0.340 e. The van der Waals surface area contributed by atoms with Crippen LogP contribution in [-0.4, -0.2) is 24.0 Å². The molecule has 1 aliphatic rings. The lowest BCUT2D eigenvalue weighted by Gasteiger charge is -2.31. The SMILES string of the molecule is CC(C(=O)Nc1ccc(Nc2ccc(C(F)(F)F)cn2)cc1)C1CNC1.Cl.Cl. The van der Waals surface area contributed by atoms with Crippen LogP contribution in [0.1, 0.15) is 12.5 Å². The summed E-state index contributed by atoms with van der Waals surface area (Å²) in [6.07, 6.45) is -3.62. The van der Waals surface area contributed by atoms with E-state index < -0.39 is 11.7 Å². The van der Waals surface area contributed by atoms with E-state index >= 15 is 0 Å². The van der Waals surface area contributed by atoms with E-state index in [0.29, 0.717) is 23.1 Å². The highest BCUT2D eigenvalue weighted by Crippen LogP contribution is 2.29. The van der Waals surface area contributed by atoms with Gasteiger partial charge in [-0.15, -0.1) is 24.8 Å². The fraction of sp³-hybridized carbons (Fsp3) is 0.333. The van der Waals surface area contributed by atoms with Crippen LogP contribution < -0.4 is 16.0 Å². The summed E-state index contributed by atoms with van der Waals surface area (Å²) >= 11 is 0. The molecular formula is C18H21Cl2F3N4O. The quantitative estimate of drug-likeness (QED) is 0.646. The van der Waals surface area contributed by atoms with Gasteiger partial charge in [-0.1, -0.05) is 6.92 Å². The van der Waals surface area contributed by atoms with Crippen molar-refractivity contribution in [3.05, 3.63) is 48.2 Å². The zero-order chi connectivity index (χ0) is 18.7. The summed E-state index contributed by atoms with van der Waals surface area (Å²) in [6.45, 7) is 3.63. The Balaban J connectivity index is 0.00000196. The Bertz CT molecular complexity index is 766. The summed E-state index contributed by atoms with van der Waals surface area (Å²) in [7, 11) is 0. The zero-order valence-corrected chi connectivity index (χ0v) is 16.5. The number of anilines is 3. The van der Waals surface area contributed by atoms with E-state index in [0.717, 1.165) is 25.4 Å². The van der Waals surface area contributed by atoms with Gasteiger partial charge in [0.25, 0.3) is 0 Å². The third-order valence-corrected chi connectivity index (χ3v) is 4.45. The molecule has 1 saturated heterocycles. The van der Waals surface area contributed by atoms with Gasteiger partial charge in [0.2, 0.25) is 5.91 Å². The summed E-state index contributed by atoms with van der Waals surface area (Å²) < 4.78 is 37.6. The molecular weight excluding hydrogens is 416 g/mol. The Morgan fingerprint density at radius 3 is 2.18 bits per heavy atom. The van der Waals surface area contributed by atoms with Crippen LogP contribution >= 0.6 is 24.8 Å². The second kappa shape index (κ2) is 9.95. The van der Waals surface area contributed by atoms with Gasteiger partial charge in [0.05, 0.1) is 5.56 Å². The number of alkyl halides is 3. The van der Waals surface area contributed by atoms with Gasteiger partial charge < -0.3 is 16.0 Å². The molecule has 10 heteroatoms. The van der Waals surface area contributed by atoms with Crippen molar-refractivity contribution >= 4 is 47.9 Å². The van der Waals surface area contributed by atoms with Crippen molar-refractivity contribution in [2.75, 3.05) is 23.7 Å². The Morgan fingerprint density at radius 2 is 1.71 bits per heavy atom. The first-order valence-corrected chi connectivity index (χ1v) is 8.25. The largest absolute Gasteiger partial charge is 0.417 e. The fourth-order valence-electron chi connectivity index (χ4n) is 2.55. The van der Waals surface area contributed by atoms with Gasteiger partial charge in [-0.25, -0.2) is 4.98 Å². The predicted octanol–water partition coefficient (Wildman–Crippen LogP) is 4.48. The number of rotatable bonds is 5. The highest BCUT2D eigenvalue weighted by Gasteiger charge is 2.30. The average Bonchev–Trinajstić information content (AvgIpc) is 2.54. The molecule has 0 radical (unpaired) electrons. The van der Waals surface area contributed by atoms with Crippen molar-refractivity contribution in [1.29, 1.82) is 0 Å². The number of pyridine rings is 1. The molecule has 1 atom stereocenters. The van der Waals surface area contributed by atoms with Gasteiger partial charge in [0.1, 0.15) is 5.82 Å². The average molecular weight is 437 g/mol. The monoisotopic (exact) mass is 436 g/mol. The molecule has 1 fully saturated rings. The third kappa shape index (κ3) is 5.98. The minimum Gasteiger partial charge on any atom is -0.340 e. The number of hydrogen-bond donors (Lipinski definition) is 3. The highest BCUT2D eigenvalue weighted by atomic mass is 35.5. The van der Waals surface area contributed by atoms with Crippen LogP contribution in [0.5, 0.6) is 0 Å². The number of hydrogen-bond acceptors (Lipinski definition) is 4. The van der Waals surface area contributed by atoms with Crippen molar-refractivity contribution in [2.24, 2.45) is 11.8 Å². The maximum atomic E-state index is 12.5.